The van der Waals surface area contributed by atoms with E-state index in [0.29, 0.717) is 5.56 Å². The van der Waals surface area contributed by atoms with Gasteiger partial charge in [0, 0.05) is 28.4 Å². The van der Waals surface area contributed by atoms with Crippen molar-refractivity contribution in [3.63, 3.8) is 0 Å². The van der Waals surface area contributed by atoms with Crippen LogP contribution in [0.2, 0.25) is 0 Å². The number of hydrogen-bond acceptors (Lipinski definition) is 2. The first-order valence-corrected chi connectivity index (χ1v) is 5.86. The molecule has 1 aromatic carbocycles. The summed E-state index contributed by atoms with van der Waals surface area (Å²) in [6, 6.07) is 9.45. The number of aromatic nitrogens is 1. The third-order valence-corrected chi connectivity index (χ3v) is 3.01. The molecule has 0 radical (unpaired) electrons. The van der Waals surface area contributed by atoms with E-state index in [9.17, 15) is 4.79 Å². The average Bonchev–Trinajstić information content (AvgIpc) is 2.81. The molecule has 0 fully saturated rings. The van der Waals surface area contributed by atoms with Crippen LogP contribution in [0.1, 0.15) is 15.9 Å². The zero-order valence-corrected chi connectivity index (χ0v) is 9.17. The van der Waals surface area contributed by atoms with Gasteiger partial charge < -0.3 is 4.98 Å². The number of carbonyl (C=O) groups excluding carboxylic acids is 1. The summed E-state index contributed by atoms with van der Waals surface area (Å²) in [5, 5.41) is 0. The van der Waals surface area contributed by atoms with Gasteiger partial charge in [0.1, 0.15) is 0 Å². The van der Waals surface area contributed by atoms with Gasteiger partial charge in [0.15, 0.2) is 5.78 Å². The minimum atomic E-state index is 0.0706. The molecule has 0 aliphatic carbocycles. The van der Waals surface area contributed by atoms with Crippen LogP contribution in [0.4, 0.5) is 0 Å². The van der Waals surface area contributed by atoms with E-state index in [4.69, 9.17) is 0 Å². The standard InChI is InChI=1S/C12H11NOS/c1-15-11-5-3-2-4-10(11)12(14)9-6-7-13-8-9/h2-8,13H,1H3. The summed E-state index contributed by atoms with van der Waals surface area (Å²) in [4.78, 5) is 16.0. The van der Waals surface area contributed by atoms with Gasteiger partial charge in [-0.3, -0.25) is 4.79 Å². The lowest BCUT2D eigenvalue weighted by atomic mass is 10.1. The normalized spacial score (nSPS) is 10.2. The van der Waals surface area contributed by atoms with Gasteiger partial charge >= 0.3 is 0 Å². The Morgan fingerprint density at radius 3 is 2.73 bits per heavy atom. The maximum Gasteiger partial charge on any atom is 0.195 e. The van der Waals surface area contributed by atoms with Gasteiger partial charge in [-0.2, -0.15) is 0 Å². The second-order valence-corrected chi connectivity index (χ2v) is 3.98. The first-order valence-electron chi connectivity index (χ1n) is 4.63. The van der Waals surface area contributed by atoms with E-state index in [2.05, 4.69) is 4.98 Å². The molecule has 0 atom stereocenters. The van der Waals surface area contributed by atoms with Gasteiger partial charge in [-0.15, -0.1) is 11.8 Å². The smallest absolute Gasteiger partial charge is 0.195 e. The summed E-state index contributed by atoms with van der Waals surface area (Å²) in [6.07, 6.45) is 5.46. The Labute approximate surface area is 92.7 Å². The second-order valence-electron chi connectivity index (χ2n) is 3.13. The van der Waals surface area contributed by atoms with Crippen molar-refractivity contribution in [3.05, 3.63) is 53.9 Å². The van der Waals surface area contributed by atoms with Crippen molar-refractivity contribution in [3.8, 4) is 0 Å². The van der Waals surface area contributed by atoms with Crippen LogP contribution in [0.5, 0.6) is 0 Å². The van der Waals surface area contributed by atoms with Crippen molar-refractivity contribution in [1.82, 2.24) is 4.98 Å². The number of thioether (sulfide) groups is 1. The van der Waals surface area contributed by atoms with Crippen molar-refractivity contribution in [2.75, 3.05) is 6.26 Å². The fourth-order valence-corrected chi connectivity index (χ4v) is 2.05. The van der Waals surface area contributed by atoms with E-state index in [1.807, 2.05) is 30.5 Å². The fourth-order valence-electron chi connectivity index (χ4n) is 1.45. The van der Waals surface area contributed by atoms with Crippen LogP contribution in [-0.4, -0.2) is 17.0 Å². The van der Waals surface area contributed by atoms with E-state index in [-0.39, 0.29) is 5.78 Å². The predicted octanol–water partition coefficient (Wildman–Crippen LogP) is 2.97. The molecule has 1 heterocycles. The predicted molar refractivity (Wildman–Crippen MR) is 62.4 cm³/mol. The molecule has 0 saturated heterocycles. The molecule has 76 valence electrons. The molecule has 0 aliphatic heterocycles. The fraction of sp³-hybridized carbons (Fsp3) is 0.0833. The zero-order chi connectivity index (χ0) is 10.7. The largest absolute Gasteiger partial charge is 0.367 e. The molecule has 1 N–H and O–H groups in total. The van der Waals surface area contributed by atoms with Crippen molar-refractivity contribution in [2.24, 2.45) is 0 Å². The number of benzene rings is 1. The van der Waals surface area contributed by atoms with Gasteiger partial charge in [0.2, 0.25) is 0 Å². The molecule has 0 amide bonds. The van der Waals surface area contributed by atoms with Crippen LogP contribution in [0.3, 0.4) is 0 Å². The van der Waals surface area contributed by atoms with E-state index < -0.39 is 0 Å². The summed E-state index contributed by atoms with van der Waals surface area (Å²) in [6.45, 7) is 0. The number of aromatic amines is 1. The molecule has 0 aliphatic rings. The number of H-pyrrole nitrogens is 1. The third kappa shape index (κ3) is 1.97. The lowest BCUT2D eigenvalue weighted by Gasteiger charge is -2.04. The molecule has 3 heteroatoms. The molecular weight excluding hydrogens is 206 g/mol. The summed E-state index contributed by atoms with van der Waals surface area (Å²) in [5.41, 5.74) is 1.47. The lowest BCUT2D eigenvalue weighted by Crippen LogP contribution is -2.01. The topological polar surface area (TPSA) is 32.9 Å². The highest BCUT2D eigenvalue weighted by Crippen LogP contribution is 2.22. The third-order valence-electron chi connectivity index (χ3n) is 2.21. The highest BCUT2D eigenvalue weighted by Gasteiger charge is 2.12. The van der Waals surface area contributed by atoms with Gasteiger partial charge in [-0.25, -0.2) is 0 Å². The molecule has 0 spiro atoms. The van der Waals surface area contributed by atoms with Crippen LogP contribution < -0.4 is 0 Å². The van der Waals surface area contributed by atoms with Crippen LogP contribution in [0, 0.1) is 0 Å². The molecule has 0 unspecified atom stereocenters. The Kier molecular flexibility index (Phi) is 2.92. The molecule has 2 nitrogen and oxygen atoms in total. The minimum absolute atomic E-state index is 0.0706. The highest BCUT2D eigenvalue weighted by molar-refractivity contribution is 7.98. The van der Waals surface area contributed by atoms with E-state index >= 15 is 0 Å². The molecular formula is C12H11NOS. The van der Waals surface area contributed by atoms with Crippen LogP contribution >= 0.6 is 11.8 Å². The number of nitrogens with one attached hydrogen (secondary N) is 1. The van der Waals surface area contributed by atoms with E-state index in [0.717, 1.165) is 10.5 Å². The summed E-state index contributed by atoms with van der Waals surface area (Å²) >= 11 is 1.59. The summed E-state index contributed by atoms with van der Waals surface area (Å²) in [7, 11) is 0. The van der Waals surface area contributed by atoms with Crippen LogP contribution in [0.15, 0.2) is 47.6 Å². The molecule has 0 saturated carbocycles. The van der Waals surface area contributed by atoms with E-state index in [1.165, 1.54) is 0 Å². The molecule has 2 aromatic rings. The summed E-state index contributed by atoms with van der Waals surface area (Å²) < 4.78 is 0. The Morgan fingerprint density at radius 1 is 1.27 bits per heavy atom. The van der Waals surface area contributed by atoms with Gasteiger partial charge in [-0.05, 0) is 24.5 Å². The Hall–Kier alpha value is -1.48. The van der Waals surface area contributed by atoms with E-state index in [1.54, 1.807) is 30.2 Å². The Balaban J connectivity index is 2.42. The van der Waals surface area contributed by atoms with Crippen molar-refractivity contribution >= 4 is 17.5 Å². The van der Waals surface area contributed by atoms with Crippen LogP contribution in [-0.2, 0) is 0 Å². The van der Waals surface area contributed by atoms with Crippen molar-refractivity contribution in [1.29, 1.82) is 0 Å². The van der Waals surface area contributed by atoms with Crippen molar-refractivity contribution in [2.45, 2.75) is 4.90 Å². The monoisotopic (exact) mass is 217 g/mol. The Bertz CT molecular complexity index is 462. The number of rotatable bonds is 3. The minimum Gasteiger partial charge on any atom is -0.367 e. The molecule has 1 aromatic heterocycles. The maximum absolute atomic E-state index is 12.1. The number of carbonyl (C=O) groups is 1. The summed E-state index contributed by atoms with van der Waals surface area (Å²) in [5.74, 6) is 0.0706. The van der Waals surface area contributed by atoms with Gasteiger partial charge in [-0.1, -0.05) is 12.1 Å². The first-order chi connectivity index (χ1) is 7.33. The molecule has 15 heavy (non-hydrogen) atoms. The van der Waals surface area contributed by atoms with Gasteiger partial charge in [0.05, 0.1) is 0 Å². The quantitative estimate of drug-likeness (QED) is 0.633. The van der Waals surface area contributed by atoms with Crippen LogP contribution in [0.25, 0.3) is 0 Å². The molecule has 2 rings (SSSR count). The number of hydrogen-bond donors (Lipinski definition) is 1. The van der Waals surface area contributed by atoms with Crippen molar-refractivity contribution < 1.29 is 4.79 Å². The number of ketones is 1. The van der Waals surface area contributed by atoms with Gasteiger partial charge in [0.25, 0.3) is 0 Å². The highest BCUT2D eigenvalue weighted by atomic mass is 32.2. The maximum atomic E-state index is 12.1. The second kappa shape index (κ2) is 4.36. The SMILES string of the molecule is CSc1ccccc1C(=O)c1cc[nH]c1. The molecule has 0 bridgehead atoms. The first kappa shape index (κ1) is 10.1. The zero-order valence-electron chi connectivity index (χ0n) is 8.36. The lowest BCUT2D eigenvalue weighted by molar-refractivity contribution is 0.103. The Morgan fingerprint density at radius 2 is 2.07 bits per heavy atom. The average molecular weight is 217 g/mol.